The molecule has 174 valence electrons. The van der Waals surface area contributed by atoms with Gasteiger partial charge in [0.1, 0.15) is 0 Å². The molecule has 0 unspecified atom stereocenters. The number of likely N-dealkylation sites (tertiary alicyclic amines) is 1. The van der Waals surface area contributed by atoms with Crippen LogP contribution in [0.2, 0.25) is 0 Å². The van der Waals surface area contributed by atoms with Crippen LogP contribution in [-0.4, -0.2) is 84.6 Å². The molecule has 8 heteroatoms. The summed E-state index contributed by atoms with van der Waals surface area (Å²) in [7, 11) is 0. The van der Waals surface area contributed by atoms with Gasteiger partial charge in [-0.15, -0.1) is 24.0 Å². The standard InChI is InChI=1S/C23H39N7.HI/c1-2-24-21(30-15-10-23(20-30)8-4-3-5-9-23)27-13-7-14-28-16-18-29(19-17-28)22-25-11-6-12-26-22;/h6,11-12H,2-5,7-10,13-20H2,1H3,(H,24,27);1H. The maximum absolute atomic E-state index is 4.99. The van der Waals surface area contributed by atoms with Crippen molar-refractivity contribution in [3.8, 4) is 0 Å². The molecule has 1 N–H and O–H groups in total. The number of halogens is 1. The van der Waals surface area contributed by atoms with Gasteiger partial charge in [0.15, 0.2) is 5.96 Å². The van der Waals surface area contributed by atoms with Crippen LogP contribution >= 0.6 is 24.0 Å². The Morgan fingerprint density at radius 2 is 1.77 bits per heavy atom. The lowest BCUT2D eigenvalue weighted by molar-refractivity contribution is 0.203. The van der Waals surface area contributed by atoms with Crippen molar-refractivity contribution >= 4 is 35.9 Å². The number of nitrogens with zero attached hydrogens (tertiary/aromatic N) is 6. The van der Waals surface area contributed by atoms with Crippen LogP contribution in [0.1, 0.15) is 51.9 Å². The molecule has 0 amide bonds. The molecule has 1 spiro atoms. The molecule has 0 aromatic carbocycles. The number of guanidine groups is 1. The van der Waals surface area contributed by atoms with Gasteiger partial charge >= 0.3 is 0 Å². The Hall–Kier alpha value is -1.16. The number of anilines is 1. The number of rotatable bonds is 6. The zero-order valence-corrected chi connectivity index (χ0v) is 21.5. The summed E-state index contributed by atoms with van der Waals surface area (Å²) in [6.07, 6.45) is 13.2. The summed E-state index contributed by atoms with van der Waals surface area (Å²) in [6.45, 7) is 11.7. The fourth-order valence-electron chi connectivity index (χ4n) is 5.36. The van der Waals surface area contributed by atoms with Crippen molar-refractivity contribution in [3.63, 3.8) is 0 Å². The molecule has 3 fully saturated rings. The summed E-state index contributed by atoms with van der Waals surface area (Å²) in [6, 6.07) is 1.87. The highest BCUT2D eigenvalue weighted by Crippen LogP contribution is 2.43. The first-order valence-electron chi connectivity index (χ1n) is 12.1. The number of hydrogen-bond acceptors (Lipinski definition) is 5. The average molecular weight is 542 g/mol. The normalized spacial score (nSPS) is 21.9. The Labute approximate surface area is 205 Å². The van der Waals surface area contributed by atoms with Crippen molar-refractivity contribution in [2.24, 2.45) is 10.4 Å². The highest BCUT2D eigenvalue weighted by molar-refractivity contribution is 14.0. The van der Waals surface area contributed by atoms with Crippen LogP contribution in [0.15, 0.2) is 23.5 Å². The molecule has 0 atom stereocenters. The molecule has 7 nitrogen and oxygen atoms in total. The van der Waals surface area contributed by atoms with Crippen LogP contribution in [0, 0.1) is 5.41 Å². The van der Waals surface area contributed by atoms with E-state index in [9.17, 15) is 0 Å². The summed E-state index contributed by atoms with van der Waals surface area (Å²) in [4.78, 5) is 21.1. The summed E-state index contributed by atoms with van der Waals surface area (Å²) in [5.74, 6) is 2.00. The van der Waals surface area contributed by atoms with E-state index < -0.39 is 0 Å². The first kappa shape index (κ1) is 24.5. The van der Waals surface area contributed by atoms with Crippen molar-refractivity contribution in [1.82, 2.24) is 25.1 Å². The van der Waals surface area contributed by atoms with Crippen molar-refractivity contribution in [3.05, 3.63) is 18.5 Å². The minimum absolute atomic E-state index is 0. The molecular weight excluding hydrogens is 501 g/mol. The van der Waals surface area contributed by atoms with E-state index >= 15 is 0 Å². The lowest BCUT2D eigenvalue weighted by atomic mass is 9.73. The number of nitrogens with one attached hydrogen (secondary N) is 1. The summed E-state index contributed by atoms with van der Waals surface area (Å²) >= 11 is 0. The third-order valence-corrected chi connectivity index (χ3v) is 7.09. The second-order valence-corrected chi connectivity index (χ2v) is 9.20. The molecule has 1 saturated carbocycles. The lowest BCUT2D eigenvalue weighted by Gasteiger charge is -2.34. The van der Waals surface area contributed by atoms with Crippen LogP contribution in [-0.2, 0) is 0 Å². The van der Waals surface area contributed by atoms with Crippen molar-refractivity contribution < 1.29 is 0 Å². The van der Waals surface area contributed by atoms with E-state index in [-0.39, 0.29) is 24.0 Å². The Morgan fingerprint density at radius 3 is 2.48 bits per heavy atom. The SMILES string of the molecule is CCNC(=NCCCN1CCN(c2ncccn2)CC1)N1CCC2(CCCCC2)C1.I. The van der Waals surface area contributed by atoms with E-state index in [1.807, 2.05) is 18.5 Å². The molecule has 31 heavy (non-hydrogen) atoms. The molecule has 4 rings (SSSR count). The van der Waals surface area contributed by atoms with Crippen molar-refractivity contribution in [1.29, 1.82) is 0 Å². The van der Waals surface area contributed by atoms with Gasteiger partial charge in [0.05, 0.1) is 0 Å². The maximum atomic E-state index is 4.99. The Bertz CT molecular complexity index is 670. The molecule has 1 aliphatic carbocycles. The van der Waals surface area contributed by atoms with Gasteiger partial charge in [-0.05, 0) is 44.1 Å². The monoisotopic (exact) mass is 541 g/mol. The van der Waals surface area contributed by atoms with Gasteiger partial charge in [-0.1, -0.05) is 19.3 Å². The summed E-state index contributed by atoms with van der Waals surface area (Å²) < 4.78 is 0. The zero-order valence-electron chi connectivity index (χ0n) is 19.1. The maximum Gasteiger partial charge on any atom is 0.225 e. The van der Waals surface area contributed by atoms with Crippen LogP contribution in [0.25, 0.3) is 0 Å². The van der Waals surface area contributed by atoms with E-state index in [1.165, 1.54) is 51.6 Å². The van der Waals surface area contributed by atoms with Crippen LogP contribution < -0.4 is 10.2 Å². The topological polar surface area (TPSA) is 59.9 Å². The Morgan fingerprint density at radius 1 is 1.03 bits per heavy atom. The van der Waals surface area contributed by atoms with Crippen molar-refractivity contribution in [2.75, 3.05) is 63.8 Å². The third kappa shape index (κ3) is 6.66. The van der Waals surface area contributed by atoms with E-state index in [4.69, 9.17) is 4.99 Å². The van der Waals surface area contributed by atoms with Crippen LogP contribution in [0.4, 0.5) is 5.95 Å². The zero-order chi connectivity index (χ0) is 20.7. The smallest absolute Gasteiger partial charge is 0.225 e. The molecule has 1 aromatic heterocycles. The highest BCUT2D eigenvalue weighted by Gasteiger charge is 2.39. The third-order valence-electron chi connectivity index (χ3n) is 7.09. The molecule has 2 saturated heterocycles. The Kier molecular flexibility index (Phi) is 9.62. The minimum Gasteiger partial charge on any atom is -0.357 e. The molecular formula is C23H40IN7. The molecule has 3 aliphatic rings. The number of aliphatic imine (C=N–C) groups is 1. The largest absolute Gasteiger partial charge is 0.357 e. The number of hydrogen-bond donors (Lipinski definition) is 1. The first-order chi connectivity index (χ1) is 14.8. The molecule has 2 aliphatic heterocycles. The van der Waals surface area contributed by atoms with Gasteiger partial charge in [0.25, 0.3) is 0 Å². The first-order valence-corrected chi connectivity index (χ1v) is 12.1. The van der Waals surface area contributed by atoms with E-state index in [0.29, 0.717) is 5.41 Å². The van der Waals surface area contributed by atoms with Crippen LogP contribution in [0.5, 0.6) is 0 Å². The predicted molar refractivity (Wildman–Crippen MR) is 138 cm³/mol. The average Bonchev–Trinajstić information content (AvgIpc) is 3.20. The number of piperazine rings is 1. The summed E-state index contributed by atoms with van der Waals surface area (Å²) in [5.41, 5.74) is 0.580. The fourth-order valence-corrected chi connectivity index (χ4v) is 5.36. The Balaban J connectivity index is 0.00000272. The van der Waals surface area contributed by atoms with Gasteiger partial charge < -0.3 is 15.1 Å². The van der Waals surface area contributed by atoms with E-state index in [0.717, 1.165) is 64.1 Å². The van der Waals surface area contributed by atoms with Crippen LogP contribution in [0.3, 0.4) is 0 Å². The predicted octanol–water partition coefficient (Wildman–Crippen LogP) is 3.23. The van der Waals surface area contributed by atoms with Crippen molar-refractivity contribution in [2.45, 2.75) is 51.9 Å². The van der Waals surface area contributed by atoms with E-state index in [1.54, 1.807) is 0 Å². The second kappa shape index (κ2) is 12.2. The minimum atomic E-state index is 0. The van der Waals surface area contributed by atoms with Gasteiger partial charge in [-0.3, -0.25) is 9.89 Å². The molecule has 0 bridgehead atoms. The fraction of sp³-hybridized carbons (Fsp3) is 0.783. The second-order valence-electron chi connectivity index (χ2n) is 9.20. The summed E-state index contributed by atoms with van der Waals surface area (Å²) in [5, 5.41) is 3.55. The molecule has 1 aromatic rings. The lowest BCUT2D eigenvalue weighted by Crippen LogP contribution is -2.47. The number of aromatic nitrogens is 2. The molecule has 3 heterocycles. The van der Waals surface area contributed by atoms with E-state index in [2.05, 4.69) is 36.9 Å². The van der Waals surface area contributed by atoms with Gasteiger partial charge in [0, 0.05) is 71.3 Å². The van der Waals surface area contributed by atoms with Gasteiger partial charge in [-0.2, -0.15) is 0 Å². The van der Waals surface area contributed by atoms with Gasteiger partial charge in [-0.25, -0.2) is 9.97 Å². The quantitative estimate of drug-likeness (QED) is 0.259. The molecule has 0 radical (unpaired) electrons. The van der Waals surface area contributed by atoms with Gasteiger partial charge in [0.2, 0.25) is 5.95 Å². The highest BCUT2D eigenvalue weighted by atomic mass is 127.